The van der Waals surface area contributed by atoms with Crippen LogP contribution in [-0.2, 0) is 9.59 Å². The summed E-state index contributed by atoms with van der Waals surface area (Å²) >= 11 is 0. The zero-order valence-corrected chi connectivity index (χ0v) is 8.95. The Morgan fingerprint density at radius 3 is 2.80 bits per heavy atom. The molecule has 0 radical (unpaired) electrons. The van der Waals surface area contributed by atoms with E-state index in [4.69, 9.17) is 5.11 Å². The van der Waals surface area contributed by atoms with Gasteiger partial charge in [0.25, 0.3) is 0 Å². The average molecular weight is 214 g/mol. The number of aliphatic carboxylic acids is 1. The monoisotopic (exact) mass is 214 g/mol. The van der Waals surface area contributed by atoms with Crippen LogP contribution in [0.15, 0.2) is 0 Å². The summed E-state index contributed by atoms with van der Waals surface area (Å²) in [4.78, 5) is 22.2. The Labute approximate surface area is 89.2 Å². The Morgan fingerprint density at radius 1 is 1.40 bits per heavy atom. The van der Waals surface area contributed by atoms with Crippen molar-refractivity contribution in [3.63, 3.8) is 0 Å². The minimum atomic E-state index is -1.00. The van der Waals surface area contributed by atoms with Gasteiger partial charge in [-0.15, -0.1) is 0 Å². The zero-order valence-electron chi connectivity index (χ0n) is 8.95. The van der Waals surface area contributed by atoms with Crippen LogP contribution in [-0.4, -0.2) is 35.6 Å². The van der Waals surface area contributed by atoms with Gasteiger partial charge in [-0.1, -0.05) is 12.8 Å². The minimum Gasteiger partial charge on any atom is -0.480 e. The van der Waals surface area contributed by atoms with Crippen LogP contribution in [0, 0.1) is 0 Å². The first-order chi connectivity index (χ1) is 7.11. The van der Waals surface area contributed by atoms with Gasteiger partial charge in [-0.2, -0.15) is 0 Å². The Kier molecular flexibility index (Phi) is 4.55. The van der Waals surface area contributed by atoms with Crippen LogP contribution in [0.1, 0.15) is 32.6 Å². The van der Waals surface area contributed by atoms with E-state index in [1.165, 1.54) is 6.92 Å². The molecule has 1 rings (SSSR count). The fourth-order valence-electron chi connectivity index (χ4n) is 1.63. The highest BCUT2D eigenvalue weighted by Gasteiger charge is 2.22. The molecule has 0 spiro atoms. The van der Waals surface area contributed by atoms with Crippen molar-refractivity contribution < 1.29 is 14.7 Å². The fraction of sp³-hybridized carbons (Fsp3) is 0.800. The lowest BCUT2D eigenvalue weighted by Crippen LogP contribution is -2.48. The number of hydrogen-bond acceptors (Lipinski definition) is 3. The van der Waals surface area contributed by atoms with Crippen LogP contribution in [0.4, 0.5) is 0 Å². The predicted octanol–water partition coefficient (Wildman–Crippen LogP) is 0.108. The van der Waals surface area contributed by atoms with Crippen LogP contribution in [0.5, 0.6) is 0 Å². The molecule has 0 saturated carbocycles. The first-order valence-electron chi connectivity index (χ1n) is 5.38. The van der Waals surface area contributed by atoms with Gasteiger partial charge in [0.1, 0.15) is 6.04 Å². The maximum absolute atomic E-state index is 11.6. The van der Waals surface area contributed by atoms with E-state index >= 15 is 0 Å². The molecule has 1 unspecified atom stereocenters. The summed E-state index contributed by atoms with van der Waals surface area (Å²) in [6.45, 7) is 2.30. The van der Waals surface area contributed by atoms with Crippen LogP contribution in [0.2, 0.25) is 0 Å². The Balaban J connectivity index is 2.41. The third-order valence-corrected chi connectivity index (χ3v) is 2.61. The lowest BCUT2D eigenvalue weighted by Gasteiger charge is -2.17. The number of amides is 1. The van der Waals surface area contributed by atoms with E-state index < -0.39 is 12.0 Å². The van der Waals surface area contributed by atoms with Gasteiger partial charge < -0.3 is 15.7 Å². The molecule has 0 aromatic rings. The van der Waals surface area contributed by atoms with Crippen LogP contribution < -0.4 is 10.6 Å². The molecule has 1 heterocycles. The highest BCUT2D eigenvalue weighted by molar-refractivity contribution is 5.86. The number of carboxylic acids is 1. The molecule has 1 amide bonds. The van der Waals surface area contributed by atoms with E-state index in [1.807, 2.05) is 0 Å². The summed E-state index contributed by atoms with van der Waals surface area (Å²) in [5.41, 5.74) is 0. The molecule has 1 fully saturated rings. The lowest BCUT2D eigenvalue weighted by molar-refractivity contribution is -0.141. The molecule has 5 nitrogen and oxygen atoms in total. The third-order valence-electron chi connectivity index (χ3n) is 2.61. The van der Waals surface area contributed by atoms with E-state index in [0.29, 0.717) is 0 Å². The number of rotatable bonds is 3. The minimum absolute atomic E-state index is 0.202. The van der Waals surface area contributed by atoms with Crippen molar-refractivity contribution in [3.05, 3.63) is 0 Å². The second-order valence-corrected chi connectivity index (χ2v) is 3.92. The van der Waals surface area contributed by atoms with Crippen molar-refractivity contribution in [1.82, 2.24) is 10.6 Å². The second-order valence-electron chi connectivity index (χ2n) is 3.92. The summed E-state index contributed by atoms with van der Waals surface area (Å²) in [5.74, 6) is -1.20. The van der Waals surface area contributed by atoms with Gasteiger partial charge in [-0.05, 0) is 26.3 Å². The summed E-state index contributed by atoms with van der Waals surface area (Å²) < 4.78 is 0. The molecule has 2 atom stereocenters. The highest BCUT2D eigenvalue weighted by atomic mass is 16.4. The molecule has 0 aliphatic carbocycles. The lowest BCUT2D eigenvalue weighted by atomic mass is 10.1. The molecule has 0 aromatic carbocycles. The number of hydrogen-bond donors (Lipinski definition) is 3. The quantitative estimate of drug-likeness (QED) is 0.623. The average Bonchev–Trinajstić information content (AvgIpc) is 2.45. The Hall–Kier alpha value is -1.10. The van der Waals surface area contributed by atoms with Gasteiger partial charge in [-0.25, -0.2) is 0 Å². The topological polar surface area (TPSA) is 78.4 Å². The van der Waals surface area contributed by atoms with Crippen molar-refractivity contribution in [3.8, 4) is 0 Å². The molecule has 86 valence electrons. The van der Waals surface area contributed by atoms with Gasteiger partial charge >= 0.3 is 5.97 Å². The van der Waals surface area contributed by atoms with Gasteiger partial charge in [0.05, 0.1) is 6.04 Å². The predicted molar refractivity (Wildman–Crippen MR) is 55.5 cm³/mol. The molecule has 15 heavy (non-hydrogen) atoms. The van der Waals surface area contributed by atoms with Crippen molar-refractivity contribution in [2.24, 2.45) is 0 Å². The van der Waals surface area contributed by atoms with Gasteiger partial charge in [0.15, 0.2) is 0 Å². The normalized spacial score (nSPS) is 23.9. The molecular weight excluding hydrogens is 196 g/mol. The van der Waals surface area contributed by atoms with Gasteiger partial charge in [-0.3, -0.25) is 9.59 Å². The number of carboxylic acid groups (broad SMARTS) is 1. The second kappa shape index (κ2) is 5.70. The number of nitrogens with one attached hydrogen (secondary N) is 2. The Morgan fingerprint density at radius 2 is 2.13 bits per heavy atom. The first-order valence-corrected chi connectivity index (χ1v) is 5.38. The molecule has 0 bridgehead atoms. The smallest absolute Gasteiger partial charge is 0.325 e. The maximum Gasteiger partial charge on any atom is 0.325 e. The maximum atomic E-state index is 11.6. The summed E-state index contributed by atoms with van der Waals surface area (Å²) in [6.07, 6.45) is 4.02. The van der Waals surface area contributed by atoms with Crippen molar-refractivity contribution in [2.45, 2.75) is 44.7 Å². The van der Waals surface area contributed by atoms with E-state index in [9.17, 15) is 9.59 Å². The van der Waals surface area contributed by atoms with E-state index in [-0.39, 0.29) is 11.9 Å². The summed E-state index contributed by atoms with van der Waals surface area (Å²) in [7, 11) is 0. The molecule has 1 saturated heterocycles. The first kappa shape index (κ1) is 12.0. The van der Waals surface area contributed by atoms with E-state index in [2.05, 4.69) is 10.6 Å². The highest BCUT2D eigenvalue weighted by Crippen LogP contribution is 2.08. The van der Waals surface area contributed by atoms with Gasteiger partial charge in [0.2, 0.25) is 5.91 Å². The molecule has 5 heteroatoms. The third kappa shape index (κ3) is 3.87. The largest absolute Gasteiger partial charge is 0.480 e. The van der Waals surface area contributed by atoms with Crippen LogP contribution in [0.3, 0.4) is 0 Å². The van der Waals surface area contributed by atoms with Crippen LogP contribution >= 0.6 is 0 Å². The van der Waals surface area contributed by atoms with E-state index in [1.54, 1.807) is 0 Å². The number of carbonyl (C=O) groups is 2. The van der Waals surface area contributed by atoms with Gasteiger partial charge in [0, 0.05) is 0 Å². The molecular formula is C10H18N2O3. The van der Waals surface area contributed by atoms with Crippen LogP contribution in [0.25, 0.3) is 0 Å². The summed E-state index contributed by atoms with van der Waals surface area (Å²) in [6, 6.07) is -1.04. The summed E-state index contributed by atoms with van der Waals surface area (Å²) in [5, 5.41) is 14.2. The van der Waals surface area contributed by atoms with E-state index in [0.717, 1.165) is 32.2 Å². The molecule has 3 N–H and O–H groups in total. The zero-order chi connectivity index (χ0) is 11.3. The SMILES string of the molecule is C[C@@H](NC(=O)C1CCCCCN1)C(=O)O. The Bertz CT molecular complexity index is 235. The van der Waals surface area contributed by atoms with Crippen molar-refractivity contribution >= 4 is 11.9 Å². The fourth-order valence-corrected chi connectivity index (χ4v) is 1.63. The van der Waals surface area contributed by atoms with Crippen molar-refractivity contribution in [1.29, 1.82) is 0 Å². The standard InChI is InChI=1S/C10H18N2O3/c1-7(10(14)15)12-9(13)8-5-3-2-4-6-11-8/h7-8,11H,2-6H2,1H3,(H,12,13)(H,14,15)/t7-,8?/m1/s1. The van der Waals surface area contributed by atoms with Crippen molar-refractivity contribution in [2.75, 3.05) is 6.54 Å². The number of carbonyl (C=O) groups excluding carboxylic acids is 1. The molecule has 1 aliphatic rings. The molecule has 0 aromatic heterocycles. The molecule has 1 aliphatic heterocycles.